The molecule has 1 aromatic carbocycles. The average Bonchev–Trinajstić information content (AvgIpc) is 3.18. The molecule has 24 heavy (non-hydrogen) atoms. The monoisotopic (exact) mass is 341 g/mol. The van der Waals surface area contributed by atoms with E-state index in [2.05, 4.69) is 0 Å². The molecule has 0 aliphatic carbocycles. The molecule has 5 heteroatoms. The number of benzene rings is 1. The predicted molar refractivity (Wildman–Crippen MR) is 96.0 cm³/mol. The normalized spacial score (nSPS) is 17.8. The first-order chi connectivity index (χ1) is 11.6. The Hall–Kier alpha value is -2.40. The summed E-state index contributed by atoms with van der Waals surface area (Å²) in [6.45, 7) is 3.62. The van der Waals surface area contributed by atoms with E-state index in [0.29, 0.717) is 0 Å². The highest BCUT2D eigenvalue weighted by Gasteiger charge is 2.34. The molecule has 4 nitrogen and oxygen atoms in total. The molecule has 2 heterocycles. The van der Waals surface area contributed by atoms with Crippen molar-refractivity contribution in [3.8, 4) is 0 Å². The van der Waals surface area contributed by atoms with Gasteiger partial charge in [-0.25, -0.2) is 4.79 Å². The predicted octanol–water partition coefficient (Wildman–Crippen LogP) is 3.67. The number of thiophene rings is 1. The zero-order chi connectivity index (χ0) is 17.1. The molecular formula is C19H19NO3S. The van der Waals surface area contributed by atoms with Gasteiger partial charge in [-0.1, -0.05) is 24.3 Å². The molecule has 0 spiro atoms. The van der Waals surface area contributed by atoms with Crippen LogP contribution in [0, 0.1) is 0 Å². The maximum Gasteiger partial charge on any atom is 0.331 e. The third kappa shape index (κ3) is 3.41. The molecule has 1 amide bonds. The quantitative estimate of drug-likeness (QED) is 0.630. The van der Waals surface area contributed by atoms with Crippen LogP contribution in [0.5, 0.6) is 0 Å². The van der Waals surface area contributed by atoms with E-state index in [1.165, 1.54) is 17.4 Å². The van der Waals surface area contributed by atoms with E-state index >= 15 is 0 Å². The maximum atomic E-state index is 12.7. The summed E-state index contributed by atoms with van der Waals surface area (Å²) >= 11 is 1.53. The third-order valence-corrected chi connectivity index (χ3v) is 4.85. The molecule has 0 N–H and O–H groups in total. The molecule has 1 aromatic heterocycles. The lowest BCUT2D eigenvalue weighted by Crippen LogP contribution is -2.43. The molecule has 3 rings (SSSR count). The highest BCUT2D eigenvalue weighted by molar-refractivity contribution is 7.10. The minimum Gasteiger partial charge on any atom is -0.449 e. The number of carbonyl (C=O) groups excluding carboxylic acids is 2. The molecule has 1 aliphatic heterocycles. The van der Waals surface area contributed by atoms with E-state index in [1.54, 1.807) is 17.9 Å². The van der Waals surface area contributed by atoms with Crippen LogP contribution < -0.4 is 4.90 Å². The van der Waals surface area contributed by atoms with Gasteiger partial charge in [0.2, 0.25) is 0 Å². The van der Waals surface area contributed by atoms with E-state index in [1.807, 2.05) is 48.7 Å². The minimum atomic E-state index is -0.820. The lowest BCUT2D eigenvalue weighted by Gasteiger charge is -2.25. The second-order valence-electron chi connectivity index (χ2n) is 5.82. The number of rotatable bonds is 4. The van der Waals surface area contributed by atoms with Gasteiger partial charge in [-0.05, 0) is 49.4 Å². The molecule has 124 valence electrons. The maximum absolute atomic E-state index is 12.7. The zero-order valence-electron chi connectivity index (χ0n) is 13.6. The van der Waals surface area contributed by atoms with E-state index in [0.717, 1.165) is 22.5 Å². The van der Waals surface area contributed by atoms with Gasteiger partial charge in [-0.2, -0.15) is 0 Å². The molecule has 0 saturated carbocycles. The van der Waals surface area contributed by atoms with Crippen LogP contribution in [-0.2, 0) is 20.7 Å². The summed E-state index contributed by atoms with van der Waals surface area (Å²) in [4.78, 5) is 27.3. The summed E-state index contributed by atoms with van der Waals surface area (Å²) in [6.07, 6.45) is 3.05. The number of carbonyl (C=O) groups is 2. The van der Waals surface area contributed by atoms with Crippen LogP contribution in [0.25, 0.3) is 6.08 Å². The Balaban J connectivity index is 1.66. The van der Waals surface area contributed by atoms with Crippen LogP contribution in [0.1, 0.15) is 24.3 Å². The van der Waals surface area contributed by atoms with Crippen molar-refractivity contribution >= 4 is 35.0 Å². The first-order valence-corrected chi connectivity index (χ1v) is 8.77. The summed E-state index contributed by atoms with van der Waals surface area (Å²) in [5, 5.41) is 1.93. The van der Waals surface area contributed by atoms with Crippen molar-refractivity contribution in [3.05, 3.63) is 58.3 Å². The topological polar surface area (TPSA) is 46.6 Å². The summed E-state index contributed by atoms with van der Waals surface area (Å²) in [5.41, 5.74) is 2.06. The summed E-state index contributed by atoms with van der Waals surface area (Å²) < 4.78 is 5.27. The number of hydrogen-bond donors (Lipinski definition) is 0. The Kier molecular flexibility index (Phi) is 4.81. The summed E-state index contributed by atoms with van der Waals surface area (Å²) in [6, 6.07) is 11.7. The van der Waals surface area contributed by atoms with Gasteiger partial charge >= 0.3 is 5.97 Å². The number of anilines is 1. The Labute approximate surface area is 145 Å². The summed E-state index contributed by atoms with van der Waals surface area (Å²) in [5.74, 6) is -0.699. The number of ether oxygens (including phenoxy) is 1. The van der Waals surface area contributed by atoms with Gasteiger partial charge in [0, 0.05) is 22.7 Å². The van der Waals surface area contributed by atoms with Crippen molar-refractivity contribution < 1.29 is 14.3 Å². The number of nitrogens with zero attached hydrogens (tertiary/aromatic N) is 1. The van der Waals surface area contributed by atoms with E-state index in [-0.39, 0.29) is 11.9 Å². The smallest absolute Gasteiger partial charge is 0.331 e. The van der Waals surface area contributed by atoms with E-state index in [4.69, 9.17) is 4.74 Å². The fraction of sp³-hybridized carbons (Fsp3) is 0.263. The standard InChI is InChI=1S/C19H19NO3S/c1-13-12-15-6-3-4-8-17(15)20(13)19(22)14(2)23-18(21)10-9-16-7-5-11-24-16/h3-11,13-14H,12H2,1-2H3/b10-9+/t13-,14+/m1/s1. The SMILES string of the molecule is C[C@H](OC(=O)/C=C/c1cccs1)C(=O)N1c2ccccc2C[C@H]1C. The fourth-order valence-corrected chi connectivity index (χ4v) is 3.52. The molecule has 0 fully saturated rings. The molecule has 0 saturated heterocycles. The fourth-order valence-electron chi connectivity index (χ4n) is 2.90. The third-order valence-electron chi connectivity index (χ3n) is 4.01. The lowest BCUT2D eigenvalue weighted by atomic mass is 10.1. The number of fused-ring (bicyclic) bond motifs is 1. The van der Waals surface area contributed by atoms with E-state index in [9.17, 15) is 9.59 Å². The van der Waals surface area contributed by atoms with Crippen LogP contribution in [0.2, 0.25) is 0 Å². The second-order valence-corrected chi connectivity index (χ2v) is 6.80. The number of amides is 1. The molecule has 1 aliphatic rings. The van der Waals surface area contributed by atoms with Crippen molar-refractivity contribution in [1.29, 1.82) is 0 Å². The van der Waals surface area contributed by atoms with Gasteiger partial charge in [0.1, 0.15) is 0 Å². The Morgan fingerprint density at radius 2 is 2.08 bits per heavy atom. The molecule has 2 atom stereocenters. The molecule has 0 radical (unpaired) electrons. The molecule has 2 aromatic rings. The minimum absolute atomic E-state index is 0.0673. The number of esters is 1. The highest BCUT2D eigenvalue weighted by atomic mass is 32.1. The first kappa shape index (κ1) is 16.5. The van der Waals surface area contributed by atoms with Crippen LogP contribution >= 0.6 is 11.3 Å². The highest BCUT2D eigenvalue weighted by Crippen LogP contribution is 2.32. The van der Waals surface area contributed by atoms with Crippen molar-refractivity contribution in [2.45, 2.75) is 32.4 Å². The van der Waals surface area contributed by atoms with Gasteiger partial charge in [-0.15, -0.1) is 11.3 Å². The lowest BCUT2D eigenvalue weighted by molar-refractivity contribution is -0.149. The summed E-state index contributed by atoms with van der Waals surface area (Å²) in [7, 11) is 0. The van der Waals surface area contributed by atoms with Gasteiger partial charge in [-0.3, -0.25) is 4.79 Å². The van der Waals surface area contributed by atoms with Gasteiger partial charge in [0.05, 0.1) is 0 Å². The Morgan fingerprint density at radius 1 is 1.29 bits per heavy atom. The molecule has 0 unspecified atom stereocenters. The van der Waals surface area contributed by atoms with Gasteiger partial charge in [0.15, 0.2) is 6.10 Å². The first-order valence-electron chi connectivity index (χ1n) is 7.89. The van der Waals surface area contributed by atoms with Crippen molar-refractivity contribution in [2.75, 3.05) is 4.90 Å². The van der Waals surface area contributed by atoms with Gasteiger partial charge < -0.3 is 9.64 Å². The number of para-hydroxylation sites is 1. The van der Waals surface area contributed by atoms with E-state index < -0.39 is 12.1 Å². The zero-order valence-corrected chi connectivity index (χ0v) is 14.5. The van der Waals surface area contributed by atoms with Crippen molar-refractivity contribution in [1.82, 2.24) is 0 Å². The second kappa shape index (κ2) is 7.01. The van der Waals surface area contributed by atoms with Gasteiger partial charge in [0.25, 0.3) is 5.91 Å². The molecule has 0 bridgehead atoms. The largest absolute Gasteiger partial charge is 0.449 e. The Bertz CT molecular complexity index is 767. The van der Waals surface area contributed by atoms with Crippen LogP contribution in [-0.4, -0.2) is 24.0 Å². The number of hydrogen-bond acceptors (Lipinski definition) is 4. The van der Waals surface area contributed by atoms with Crippen LogP contribution in [0.3, 0.4) is 0 Å². The van der Waals surface area contributed by atoms with Crippen LogP contribution in [0.4, 0.5) is 5.69 Å². The average molecular weight is 341 g/mol. The van der Waals surface area contributed by atoms with Crippen molar-refractivity contribution in [3.63, 3.8) is 0 Å². The van der Waals surface area contributed by atoms with Crippen molar-refractivity contribution in [2.24, 2.45) is 0 Å². The molecular weight excluding hydrogens is 322 g/mol. The Morgan fingerprint density at radius 3 is 2.83 bits per heavy atom. The van der Waals surface area contributed by atoms with Crippen LogP contribution in [0.15, 0.2) is 47.9 Å².